The zero-order chi connectivity index (χ0) is 24.2. The number of amides is 1. The molecular weight excluding hydrogens is 430 g/mol. The molecule has 0 aromatic carbocycles. The Morgan fingerprint density at radius 3 is 2.00 bits per heavy atom. The first-order valence-electron chi connectivity index (χ1n) is 11.6. The zero-order valence-electron chi connectivity index (χ0n) is 19.6. The third-order valence-corrected chi connectivity index (χ3v) is 5.52. The topological polar surface area (TPSA) is 103 Å². The van der Waals surface area contributed by atoms with Crippen LogP contribution in [0.1, 0.15) is 46.7 Å². The Kier molecular flexibility index (Phi) is 10.1. The molecule has 8 heteroatoms. The van der Waals surface area contributed by atoms with Crippen LogP contribution in [0.5, 0.6) is 0 Å². The highest BCUT2D eigenvalue weighted by molar-refractivity contribution is 5.93. The highest BCUT2D eigenvalue weighted by atomic mass is 16.3. The van der Waals surface area contributed by atoms with Crippen LogP contribution in [-0.2, 0) is 19.6 Å². The van der Waals surface area contributed by atoms with Crippen molar-refractivity contribution in [2.24, 2.45) is 0 Å². The predicted octanol–water partition coefficient (Wildman–Crippen LogP) is 2.67. The normalized spacial score (nSPS) is 12.0. The standard InChI is InChI=1S/C26H33N5O3/c1-30(15-7-4-10-25(33)20-32)26(34)21-11-12-24(29-16-21)19-31(17-22-8-2-5-13-27-22)18-23-9-3-6-14-28-23/h2-3,5-6,8-9,11-14,16,25,32-33H,4,7,10,15,17-20H2,1H3/t25-/m0/s1. The molecule has 0 unspecified atom stereocenters. The summed E-state index contributed by atoms with van der Waals surface area (Å²) in [6.07, 6.45) is 6.56. The van der Waals surface area contributed by atoms with Crippen LogP contribution in [0, 0.1) is 0 Å². The summed E-state index contributed by atoms with van der Waals surface area (Å²) >= 11 is 0. The van der Waals surface area contributed by atoms with E-state index in [9.17, 15) is 9.90 Å². The second-order valence-corrected chi connectivity index (χ2v) is 8.38. The van der Waals surface area contributed by atoms with Gasteiger partial charge in [0.15, 0.2) is 0 Å². The molecule has 8 nitrogen and oxygen atoms in total. The molecule has 3 heterocycles. The van der Waals surface area contributed by atoms with Crippen LogP contribution in [0.3, 0.4) is 0 Å². The molecule has 3 rings (SSSR count). The summed E-state index contributed by atoms with van der Waals surface area (Å²) in [5, 5.41) is 18.3. The fourth-order valence-electron chi connectivity index (χ4n) is 3.62. The Hall–Kier alpha value is -3.20. The molecule has 2 N–H and O–H groups in total. The van der Waals surface area contributed by atoms with Crippen LogP contribution in [-0.4, -0.2) is 67.2 Å². The summed E-state index contributed by atoms with van der Waals surface area (Å²) in [5.41, 5.74) is 3.35. The van der Waals surface area contributed by atoms with Crippen molar-refractivity contribution in [1.82, 2.24) is 24.8 Å². The minimum Gasteiger partial charge on any atom is -0.394 e. The number of unbranched alkanes of at least 4 members (excludes halogenated alkanes) is 1. The fourth-order valence-corrected chi connectivity index (χ4v) is 3.62. The summed E-state index contributed by atoms with van der Waals surface area (Å²) in [7, 11) is 1.76. The molecule has 0 aliphatic carbocycles. The summed E-state index contributed by atoms with van der Waals surface area (Å²) in [4.78, 5) is 30.0. The van der Waals surface area contributed by atoms with Gasteiger partial charge in [0.1, 0.15) is 0 Å². The number of aliphatic hydroxyl groups is 2. The summed E-state index contributed by atoms with van der Waals surface area (Å²) in [6, 6.07) is 15.5. The van der Waals surface area contributed by atoms with Crippen LogP contribution in [0.4, 0.5) is 0 Å². The monoisotopic (exact) mass is 463 g/mol. The van der Waals surface area contributed by atoms with Crippen molar-refractivity contribution in [3.63, 3.8) is 0 Å². The molecule has 0 saturated heterocycles. The first-order valence-corrected chi connectivity index (χ1v) is 11.6. The van der Waals surface area contributed by atoms with Gasteiger partial charge in [-0.1, -0.05) is 12.1 Å². The lowest BCUT2D eigenvalue weighted by Crippen LogP contribution is -2.28. The zero-order valence-corrected chi connectivity index (χ0v) is 19.6. The Labute approximate surface area is 200 Å². The van der Waals surface area contributed by atoms with Crippen LogP contribution in [0.2, 0.25) is 0 Å². The number of hydrogen-bond donors (Lipinski definition) is 2. The van der Waals surface area contributed by atoms with Gasteiger partial charge in [-0.2, -0.15) is 0 Å². The van der Waals surface area contributed by atoms with Gasteiger partial charge in [-0.25, -0.2) is 0 Å². The molecule has 3 aromatic rings. The first-order chi connectivity index (χ1) is 16.5. The van der Waals surface area contributed by atoms with Crippen LogP contribution in [0.25, 0.3) is 0 Å². The quantitative estimate of drug-likeness (QED) is 0.376. The van der Waals surface area contributed by atoms with E-state index in [1.165, 1.54) is 0 Å². The van der Waals surface area contributed by atoms with Gasteiger partial charge in [-0.05, 0) is 55.7 Å². The molecule has 3 aromatic heterocycles. The third kappa shape index (κ3) is 8.30. The van der Waals surface area contributed by atoms with Gasteiger partial charge < -0.3 is 15.1 Å². The Balaban J connectivity index is 1.59. The van der Waals surface area contributed by atoms with Gasteiger partial charge in [0.2, 0.25) is 0 Å². The van der Waals surface area contributed by atoms with E-state index in [0.717, 1.165) is 29.9 Å². The van der Waals surface area contributed by atoms with Gasteiger partial charge in [0.25, 0.3) is 5.91 Å². The Morgan fingerprint density at radius 2 is 1.50 bits per heavy atom. The number of carbonyl (C=O) groups excluding carboxylic acids is 1. The molecule has 0 fully saturated rings. The SMILES string of the molecule is CN(CCCC[C@H](O)CO)C(=O)c1ccc(CN(Cc2ccccn2)Cc2ccccn2)nc1. The van der Waals surface area contributed by atoms with Crippen LogP contribution >= 0.6 is 0 Å². The third-order valence-electron chi connectivity index (χ3n) is 5.52. The van der Waals surface area contributed by atoms with Gasteiger partial charge in [-0.3, -0.25) is 24.6 Å². The van der Waals surface area contributed by atoms with Crippen molar-refractivity contribution in [1.29, 1.82) is 0 Å². The van der Waals surface area contributed by atoms with Crippen LogP contribution < -0.4 is 0 Å². The van der Waals surface area contributed by atoms with E-state index in [0.29, 0.717) is 38.2 Å². The van der Waals surface area contributed by atoms with E-state index in [4.69, 9.17) is 5.11 Å². The number of rotatable bonds is 13. The highest BCUT2D eigenvalue weighted by Crippen LogP contribution is 2.13. The fraction of sp³-hybridized carbons (Fsp3) is 0.385. The minimum atomic E-state index is -0.687. The predicted molar refractivity (Wildman–Crippen MR) is 130 cm³/mol. The average Bonchev–Trinajstić information content (AvgIpc) is 2.87. The van der Waals surface area contributed by atoms with Crippen molar-refractivity contribution in [3.8, 4) is 0 Å². The van der Waals surface area contributed by atoms with Gasteiger partial charge in [0.05, 0.1) is 35.4 Å². The van der Waals surface area contributed by atoms with Crippen molar-refractivity contribution < 1.29 is 15.0 Å². The molecule has 1 atom stereocenters. The second-order valence-electron chi connectivity index (χ2n) is 8.38. The van der Waals surface area contributed by atoms with E-state index in [-0.39, 0.29) is 12.5 Å². The minimum absolute atomic E-state index is 0.0828. The molecule has 180 valence electrons. The maximum Gasteiger partial charge on any atom is 0.255 e. The summed E-state index contributed by atoms with van der Waals surface area (Å²) in [5.74, 6) is -0.0828. The maximum atomic E-state index is 12.7. The molecule has 0 aliphatic rings. The van der Waals surface area contributed by atoms with Gasteiger partial charge in [-0.15, -0.1) is 0 Å². The highest BCUT2D eigenvalue weighted by Gasteiger charge is 2.14. The molecule has 0 aliphatic heterocycles. The Morgan fingerprint density at radius 1 is 0.882 bits per heavy atom. The van der Waals surface area contributed by atoms with Gasteiger partial charge >= 0.3 is 0 Å². The second kappa shape index (κ2) is 13.5. The summed E-state index contributed by atoms with van der Waals surface area (Å²) < 4.78 is 0. The van der Waals surface area contributed by atoms with Crippen LogP contribution in [0.15, 0.2) is 67.1 Å². The number of carbonyl (C=O) groups is 1. The van der Waals surface area contributed by atoms with Crippen molar-refractivity contribution in [3.05, 3.63) is 89.8 Å². The molecule has 0 spiro atoms. The lowest BCUT2D eigenvalue weighted by Gasteiger charge is -2.21. The van der Waals surface area contributed by atoms with E-state index in [1.54, 1.807) is 30.5 Å². The van der Waals surface area contributed by atoms with E-state index in [1.807, 2.05) is 48.5 Å². The molecule has 0 radical (unpaired) electrons. The molecule has 0 bridgehead atoms. The van der Waals surface area contributed by atoms with Gasteiger partial charge in [0, 0.05) is 51.8 Å². The number of hydrogen-bond acceptors (Lipinski definition) is 7. The number of aromatic nitrogens is 3. The molecule has 34 heavy (non-hydrogen) atoms. The van der Waals surface area contributed by atoms with E-state index < -0.39 is 6.10 Å². The molecule has 1 amide bonds. The number of pyridine rings is 3. The van der Waals surface area contributed by atoms with E-state index in [2.05, 4.69) is 19.9 Å². The molecule has 0 saturated carbocycles. The largest absolute Gasteiger partial charge is 0.394 e. The molecular formula is C26H33N5O3. The number of nitrogens with zero attached hydrogens (tertiary/aromatic N) is 5. The van der Waals surface area contributed by atoms with E-state index >= 15 is 0 Å². The van der Waals surface area contributed by atoms with Crippen molar-refractivity contribution in [2.75, 3.05) is 20.2 Å². The first kappa shape index (κ1) is 25.4. The lowest BCUT2D eigenvalue weighted by atomic mass is 10.1. The average molecular weight is 464 g/mol. The lowest BCUT2D eigenvalue weighted by molar-refractivity contribution is 0.0770. The maximum absolute atomic E-state index is 12.7. The summed E-state index contributed by atoms with van der Waals surface area (Å²) in [6.45, 7) is 2.28. The number of aliphatic hydroxyl groups excluding tert-OH is 2. The Bertz CT molecular complexity index is 945. The smallest absolute Gasteiger partial charge is 0.255 e. The van der Waals surface area contributed by atoms with Crippen molar-refractivity contribution in [2.45, 2.75) is 45.0 Å². The van der Waals surface area contributed by atoms with Crippen molar-refractivity contribution >= 4 is 5.91 Å².